The Hall–Kier alpha value is -1.38. The molecule has 1 aliphatic rings. The third-order valence-corrected chi connectivity index (χ3v) is 6.95. The zero-order valence-corrected chi connectivity index (χ0v) is 22.9. The molecular formula is C25H38B2N4Pd. The first-order valence-electron chi connectivity index (χ1n) is 11.4. The van der Waals surface area contributed by atoms with Gasteiger partial charge in [-0.25, -0.2) is 0 Å². The van der Waals surface area contributed by atoms with Gasteiger partial charge in [-0.15, -0.1) is 0 Å². The van der Waals surface area contributed by atoms with Crippen molar-refractivity contribution in [3.63, 3.8) is 0 Å². The molecule has 1 heterocycles. The minimum atomic E-state index is 0.0978. The number of rotatable bonds is 4. The van der Waals surface area contributed by atoms with Crippen LogP contribution < -0.4 is 9.62 Å². The van der Waals surface area contributed by atoms with Gasteiger partial charge in [0.1, 0.15) is 0 Å². The molecule has 0 unspecified atom stereocenters. The van der Waals surface area contributed by atoms with E-state index in [1.54, 1.807) is 0 Å². The van der Waals surface area contributed by atoms with Crippen molar-refractivity contribution in [3.8, 4) is 0 Å². The van der Waals surface area contributed by atoms with Crippen molar-refractivity contribution in [3.05, 3.63) is 59.7 Å². The maximum atomic E-state index is 3.67. The van der Waals surface area contributed by atoms with Crippen molar-refractivity contribution in [2.75, 3.05) is 37.8 Å². The van der Waals surface area contributed by atoms with Gasteiger partial charge < -0.3 is 0 Å². The van der Waals surface area contributed by atoms with Gasteiger partial charge in [0.15, 0.2) is 0 Å². The minimum absolute atomic E-state index is 0.0978. The fourth-order valence-corrected chi connectivity index (χ4v) is 5.14. The molecule has 3 rings (SSSR count). The number of hydrogen-bond acceptors (Lipinski definition) is 4. The van der Waals surface area contributed by atoms with E-state index in [0.29, 0.717) is 0 Å². The maximum absolute atomic E-state index is 3.67. The quantitative estimate of drug-likeness (QED) is 0.552. The molecule has 0 N–H and O–H groups in total. The first-order valence-corrected chi connectivity index (χ1v) is 12.1. The molecule has 0 bridgehead atoms. The van der Waals surface area contributed by atoms with Crippen LogP contribution >= 0.6 is 0 Å². The van der Waals surface area contributed by atoms with Gasteiger partial charge in [-0.1, -0.05) is 0 Å². The molecule has 1 saturated heterocycles. The summed E-state index contributed by atoms with van der Waals surface area (Å²) in [6.07, 6.45) is 0. The molecule has 2 aromatic rings. The fraction of sp³-hybridized carbons (Fsp3) is 0.480. The standard InChI is InChI=1S/C25H38B2N4.Pd/c1-24(2,3)20-13-11-15-22(17-20)30-19-31(27(29(9)10)26(30)28(7)8)23-16-12-14-21(18-23)25(4,5)6;/h11-18H,1-10H3;. The summed E-state index contributed by atoms with van der Waals surface area (Å²) >= 11 is 3.67. The predicted octanol–water partition coefficient (Wildman–Crippen LogP) is 4.42. The third-order valence-electron chi connectivity index (χ3n) is 6.20. The summed E-state index contributed by atoms with van der Waals surface area (Å²) in [6.45, 7) is 13.9. The average molecular weight is 523 g/mol. The molecule has 7 heteroatoms. The second kappa shape index (κ2) is 9.11. The molecule has 1 aliphatic heterocycles. The molecule has 0 spiro atoms. The Bertz CT molecular complexity index is 901. The van der Waals surface area contributed by atoms with Crippen LogP contribution in [0.1, 0.15) is 52.7 Å². The molecule has 4 nitrogen and oxygen atoms in total. The van der Waals surface area contributed by atoms with Crippen LogP contribution in [0.5, 0.6) is 0 Å². The molecule has 0 aromatic heterocycles. The molecule has 174 valence electrons. The van der Waals surface area contributed by atoms with Crippen LogP contribution in [0.3, 0.4) is 0 Å². The van der Waals surface area contributed by atoms with Crippen LogP contribution in [0.4, 0.5) is 11.4 Å². The van der Waals surface area contributed by atoms with Gasteiger partial charge in [0, 0.05) is 0 Å². The van der Waals surface area contributed by atoms with Crippen LogP contribution in [-0.4, -0.2) is 55.8 Å². The van der Waals surface area contributed by atoms with E-state index in [1.165, 1.54) is 22.5 Å². The summed E-state index contributed by atoms with van der Waals surface area (Å²) in [7, 11) is 8.67. The number of anilines is 2. The Kier molecular flexibility index (Phi) is 7.19. The molecule has 0 saturated carbocycles. The van der Waals surface area contributed by atoms with E-state index in [1.807, 2.05) is 0 Å². The molecule has 32 heavy (non-hydrogen) atoms. The van der Waals surface area contributed by atoms with Gasteiger partial charge in [0.05, 0.1) is 0 Å². The Morgan fingerprint density at radius 1 is 0.656 bits per heavy atom. The Labute approximate surface area is 207 Å². The van der Waals surface area contributed by atoms with Gasteiger partial charge in [0.2, 0.25) is 0 Å². The molecule has 0 aliphatic carbocycles. The van der Waals surface area contributed by atoms with Crippen molar-refractivity contribution in [2.24, 2.45) is 0 Å². The average Bonchev–Trinajstić information content (AvgIpc) is 3.00. The Morgan fingerprint density at radius 2 is 1.00 bits per heavy atom. The van der Waals surface area contributed by atoms with Crippen molar-refractivity contribution in [2.45, 2.75) is 52.4 Å². The Morgan fingerprint density at radius 3 is 1.28 bits per heavy atom. The van der Waals surface area contributed by atoms with Crippen molar-refractivity contribution >= 4 is 29.4 Å². The van der Waals surface area contributed by atoms with E-state index in [4.69, 9.17) is 0 Å². The molecular weight excluding hydrogens is 484 g/mol. The van der Waals surface area contributed by atoms with Crippen LogP contribution in [0.25, 0.3) is 0 Å². The zero-order chi connectivity index (χ0) is 24.0. The summed E-state index contributed by atoms with van der Waals surface area (Å²) in [6, 6.07) is 17.9. The van der Waals surface area contributed by atoms with Gasteiger partial charge >= 0.3 is 208 Å². The van der Waals surface area contributed by atoms with Gasteiger partial charge in [0.25, 0.3) is 0 Å². The van der Waals surface area contributed by atoms with Crippen LogP contribution in [0.15, 0.2) is 48.5 Å². The van der Waals surface area contributed by atoms with E-state index in [2.05, 4.69) is 156 Å². The SMILES string of the molecule is CN(C)B1B(N(C)C)N(c2cccc(C(C)(C)C)c2)[C](=[Pd])N1c1cccc(C(C)(C)C)c1. The topological polar surface area (TPSA) is 13.0 Å². The monoisotopic (exact) mass is 522 g/mol. The second-order valence-electron chi connectivity index (χ2n) is 11.3. The van der Waals surface area contributed by atoms with E-state index < -0.39 is 0 Å². The van der Waals surface area contributed by atoms with Gasteiger partial charge in [-0.2, -0.15) is 0 Å². The molecule has 0 amide bonds. The molecule has 0 radical (unpaired) electrons. The third kappa shape index (κ3) is 4.92. The van der Waals surface area contributed by atoms with Crippen molar-refractivity contribution < 1.29 is 18.7 Å². The van der Waals surface area contributed by atoms with E-state index in [-0.39, 0.29) is 24.6 Å². The Balaban J connectivity index is 2.16. The van der Waals surface area contributed by atoms with E-state index in [0.717, 1.165) is 4.23 Å². The van der Waals surface area contributed by atoms with Gasteiger partial charge in [-0.05, 0) is 0 Å². The van der Waals surface area contributed by atoms with E-state index >= 15 is 0 Å². The fourth-order valence-electron chi connectivity index (χ4n) is 4.33. The van der Waals surface area contributed by atoms with Crippen LogP contribution in [0, 0.1) is 0 Å². The van der Waals surface area contributed by atoms with Crippen LogP contribution in [-0.2, 0) is 29.6 Å². The summed E-state index contributed by atoms with van der Waals surface area (Å²) < 4.78 is 1.10. The first kappa shape index (κ1) is 25.2. The second-order valence-corrected chi connectivity index (χ2v) is 12.0. The van der Waals surface area contributed by atoms with E-state index in [9.17, 15) is 0 Å². The number of nitrogens with zero attached hydrogens (tertiary/aromatic N) is 4. The summed E-state index contributed by atoms with van der Waals surface area (Å²) in [5.41, 5.74) is 5.29. The number of benzene rings is 2. The van der Waals surface area contributed by atoms with Crippen molar-refractivity contribution in [1.82, 2.24) is 9.62 Å². The molecule has 2 aromatic carbocycles. The summed E-state index contributed by atoms with van der Waals surface area (Å²) in [5.74, 6) is 0. The molecule has 0 atom stereocenters. The summed E-state index contributed by atoms with van der Waals surface area (Å²) in [4.78, 5) is 9.50. The normalized spacial score (nSPS) is 15.6. The zero-order valence-electron chi connectivity index (χ0n) is 21.4. The number of hydrogen-bond donors (Lipinski definition) is 0. The predicted molar refractivity (Wildman–Crippen MR) is 139 cm³/mol. The first-order chi connectivity index (χ1) is 14.7. The van der Waals surface area contributed by atoms with Crippen molar-refractivity contribution in [1.29, 1.82) is 0 Å². The summed E-state index contributed by atoms with van der Waals surface area (Å²) in [5, 5.41) is 0. The van der Waals surface area contributed by atoms with Crippen LogP contribution in [0.2, 0.25) is 0 Å². The van der Waals surface area contributed by atoms with Gasteiger partial charge in [-0.3, -0.25) is 0 Å². The molecule has 1 fully saturated rings.